The van der Waals surface area contributed by atoms with Gasteiger partial charge in [0.2, 0.25) is 5.88 Å². The molecular formula is C13H13ClN4O2. The Labute approximate surface area is 120 Å². The summed E-state index contributed by atoms with van der Waals surface area (Å²) in [6.45, 7) is 0.517. The second-order valence-corrected chi connectivity index (χ2v) is 4.61. The molecule has 3 heterocycles. The van der Waals surface area contributed by atoms with Crippen molar-refractivity contribution >= 4 is 22.8 Å². The van der Waals surface area contributed by atoms with Gasteiger partial charge >= 0.3 is 0 Å². The van der Waals surface area contributed by atoms with Crippen molar-refractivity contribution in [3.05, 3.63) is 36.0 Å². The molecule has 0 N–H and O–H groups in total. The minimum absolute atomic E-state index is 0.497. The summed E-state index contributed by atoms with van der Waals surface area (Å²) in [7, 11) is 1.59. The highest BCUT2D eigenvalue weighted by Crippen LogP contribution is 2.20. The number of nitrogens with zero attached hydrogens (tertiary/aromatic N) is 4. The van der Waals surface area contributed by atoms with E-state index >= 15 is 0 Å². The molecule has 0 saturated carbocycles. The molecule has 3 aromatic rings. The van der Waals surface area contributed by atoms with Gasteiger partial charge in [-0.1, -0.05) is 5.16 Å². The van der Waals surface area contributed by atoms with Crippen molar-refractivity contribution in [1.82, 2.24) is 19.7 Å². The number of hydrogen-bond acceptors (Lipinski definition) is 5. The Morgan fingerprint density at radius 3 is 2.90 bits per heavy atom. The molecule has 0 saturated heterocycles. The van der Waals surface area contributed by atoms with E-state index in [-0.39, 0.29) is 0 Å². The van der Waals surface area contributed by atoms with Gasteiger partial charge in [-0.05, 0) is 6.07 Å². The van der Waals surface area contributed by atoms with Crippen LogP contribution in [0.4, 0.5) is 0 Å². The smallest absolute Gasteiger partial charge is 0.215 e. The van der Waals surface area contributed by atoms with Crippen molar-refractivity contribution in [1.29, 1.82) is 0 Å². The van der Waals surface area contributed by atoms with Crippen LogP contribution in [-0.4, -0.2) is 32.7 Å². The Bertz CT molecular complexity index is 709. The fourth-order valence-electron chi connectivity index (χ4n) is 2.07. The van der Waals surface area contributed by atoms with Crippen LogP contribution in [0.1, 0.15) is 11.6 Å². The summed E-state index contributed by atoms with van der Waals surface area (Å²) in [6.07, 6.45) is 2.28. The summed E-state index contributed by atoms with van der Waals surface area (Å²) in [5.74, 6) is 2.65. The second kappa shape index (κ2) is 5.50. The van der Waals surface area contributed by atoms with Crippen LogP contribution < -0.4 is 4.74 Å². The standard InChI is InChI=1S/C13H13ClN4O2/c1-19-12-3-2-10-13(17-12)18(11(16-10)4-6-14)8-9-5-7-15-20-9/h2-3,5,7H,4,6,8H2,1H3. The van der Waals surface area contributed by atoms with E-state index in [0.29, 0.717) is 24.7 Å². The molecule has 0 aromatic carbocycles. The molecule has 0 amide bonds. The van der Waals surface area contributed by atoms with Gasteiger partial charge in [-0.25, -0.2) is 4.98 Å². The number of ether oxygens (including phenoxy) is 1. The van der Waals surface area contributed by atoms with Crippen LogP contribution in [0, 0.1) is 0 Å². The van der Waals surface area contributed by atoms with Crippen LogP contribution in [0.3, 0.4) is 0 Å². The topological polar surface area (TPSA) is 66.0 Å². The summed E-state index contributed by atoms with van der Waals surface area (Å²) < 4.78 is 12.3. The number of alkyl halides is 1. The summed E-state index contributed by atoms with van der Waals surface area (Å²) in [5.41, 5.74) is 1.56. The molecule has 0 bridgehead atoms. The SMILES string of the molecule is COc1ccc2nc(CCCl)n(Cc3ccno3)c2n1. The van der Waals surface area contributed by atoms with Gasteiger partial charge in [-0.15, -0.1) is 11.6 Å². The van der Waals surface area contributed by atoms with Crippen LogP contribution in [0.2, 0.25) is 0 Å². The number of aryl methyl sites for hydroxylation is 1. The molecule has 0 radical (unpaired) electrons. The highest BCUT2D eigenvalue weighted by atomic mass is 35.5. The summed E-state index contributed by atoms with van der Waals surface area (Å²) in [6, 6.07) is 5.49. The third-order valence-corrected chi connectivity index (χ3v) is 3.17. The lowest BCUT2D eigenvalue weighted by Crippen LogP contribution is -2.06. The largest absolute Gasteiger partial charge is 0.481 e. The molecule has 0 fully saturated rings. The van der Waals surface area contributed by atoms with Gasteiger partial charge in [-0.3, -0.25) is 0 Å². The van der Waals surface area contributed by atoms with Crippen molar-refractivity contribution in [2.24, 2.45) is 0 Å². The van der Waals surface area contributed by atoms with Gasteiger partial charge in [0.05, 0.1) is 19.9 Å². The third-order valence-electron chi connectivity index (χ3n) is 2.98. The fourth-order valence-corrected chi connectivity index (χ4v) is 2.23. The quantitative estimate of drug-likeness (QED) is 0.675. The molecular weight excluding hydrogens is 280 g/mol. The number of halogens is 1. The first kappa shape index (κ1) is 12.9. The van der Waals surface area contributed by atoms with Crippen molar-refractivity contribution in [2.75, 3.05) is 13.0 Å². The highest BCUT2D eigenvalue weighted by molar-refractivity contribution is 6.17. The molecule has 0 unspecified atom stereocenters. The normalized spacial score (nSPS) is 11.1. The van der Waals surface area contributed by atoms with E-state index in [1.807, 2.05) is 16.7 Å². The monoisotopic (exact) mass is 292 g/mol. The van der Waals surface area contributed by atoms with Crippen molar-refractivity contribution < 1.29 is 9.26 Å². The maximum absolute atomic E-state index is 5.84. The third kappa shape index (κ3) is 2.34. The predicted octanol–water partition coefficient (Wildman–Crippen LogP) is 2.26. The van der Waals surface area contributed by atoms with E-state index in [1.165, 1.54) is 0 Å². The first-order chi connectivity index (χ1) is 9.81. The maximum atomic E-state index is 5.84. The van der Waals surface area contributed by atoms with Gasteiger partial charge in [0.1, 0.15) is 11.3 Å². The zero-order chi connectivity index (χ0) is 13.9. The molecule has 0 spiro atoms. The Balaban J connectivity index is 2.11. The molecule has 7 heteroatoms. The molecule has 20 heavy (non-hydrogen) atoms. The zero-order valence-corrected chi connectivity index (χ0v) is 11.7. The van der Waals surface area contributed by atoms with Gasteiger partial charge in [0, 0.05) is 24.4 Å². The highest BCUT2D eigenvalue weighted by Gasteiger charge is 2.14. The van der Waals surface area contributed by atoms with Gasteiger partial charge < -0.3 is 13.8 Å². The lowest BCUT2D eigenvalue weighted by atomic mass is 10.4. The molecule has 6 nitrogen and oxygen atoms in total. The molecule has 0 atom stereocenters. The number of rotatable bonds is 5. The number of imidazole rings is 1. The minimum Gasteiger partial charge on any atom is -0.481 e. The van der Waals surface area contributed by atoms with Crippen LogP contribution in [0.5, 0.6) is 5.88 Å². The van der Waals surface area contributed by atoms with Gasteiger partial charge in [0.15, 0.2) is 11.4 Å². The van der Waals surface area contributed by atoms with Gasteiger partial charge in [0.25, 0.3) is 0 Å². The fraction of sp³-hybridized carbons (Fsp3) is 0.308. The van der Waals surface area contributed by atoms with Crippen LogP contribution in [0.15, 0.2) is 28.9 Å². The van der Waals surface area contributed by atoms with E-state index in [0.717, 1.165) is 22.7 Å². The summed E-state index contributed by atoms with van der Waals surface area (Å²) >= 11 is 5.84. The maximum Gasteiger partial charge on any atom is 0.215 e. The first-order valence-corrected chi connectivity index (χ1v) is 6.71. The summed E-state index contributed by atoms with van der Waals surface area (Å²) in [5, 5.41) is 3.71. The zero-order valence-electron chi connectivity index (χ0n) is 10.9. The number of fused-ring (bicyclic) bond motifs is 1. The lowest BCUT2D eigenvalue weighted by Gasteiger charge is -2.05. The van der Waals surface area contributed by atoms with Crippen molar-refractivity contribution in [3.63, 3.8) is 0 Å². The lowest BCUT2D eigenvalue weighted by molar-refractivity contribution is 0.375. The molecule has 0 aliphatic carbocycles. The second-order valence-electron chi connectivity index (χ2n) is 4.23. The first-order valence-electron chi connectivity index (χ1n) is 6.17. The average molecular weight is 293 g/mol. The van der Waals surface area contributed by atoms with E-state index in [2.05, 4.69) is 15.1 Å². The minimum atomic E-state index is 0.497. The molecule has 104 valence electrons. The van der Waals surface area contributed by atoms with E-state index in [1.54, 1.807) is 19.4 Å². The summed E-state index contributed by atoms with van der Waals surface area (Å²) in [4.78, 5) is 9.01. The average Bonchev–Trinajstić information content (AvgIpc) is 3.08. The predicted molar refractivity (Wildman–Crippen MR) is 74.1 cm³/mol. The van der Waals surface area contributed by atoms with E-state index < -0.39 is 0 Å². The molecule has 3 aromatic heterocycles. The number of pyridine rings is 1. The van der Waals surface area contributed by atoms with Crippen LogP contribution in [-0.2, 0) is 13.0 Å². The van der Waals surface area contributed by atoms with E-state index in [4.69, 9.17) is 20.9 Å². The van der Waals surface area contributed by atoms with Crippen molar-refractivity contribution in [2.45, 2.75) is 13.0 Å². The van der Waals surface area contributed by atoms with Crippen LogP contribution >= 0.6 is 11.6 Å². The van der Waals surface area contributed by atoms with E-state index in [9.17, 15) is 0 Å². The Morgan fingerprint density at radius 1 is 1.30 bits per heavy atom. The van der Waals surface area contributed by atoms with Gasteiger partial charge in [-0.2, -0.15) is 4.98 Å². The molecule has 3 rings (SSSR count). The molecule has 0 aliphatic heterocycles. The number of methoxy groups -OCH3 is 1. The number of aromatic nitrogens is 4. The van der Waals surface area contributed by atoms with Crippen LogP contribution in [0.25, 0.3) is 11.2 Å². The Morgan fingerprint density at radius 2 is 2.20 bits per heavy atom. The molecule has 0 aliphatic rings. The Kier molecular flexibility index (Phi) is 3.56. The van der Waals surface area contributed by atoms with Crippen molar-refractivity contribution in [3.8, 4) is 5.88 Å². The Hall–Kier alpha value is -2.08. The number of hydrogen-bond donors (Lipinski definition) is 0.